The number of nitrogens with zero attached hydrogens (tertiary/aromatic N) is 3. The fourth-order valence-electron chi connectivity index (χ4n) is 5.75. The van der Waals surface area contributed by atoms with E-state index in [1.165, 1.54) is 38.2 Å². The molecule has 182 valence electrons. The van der Waals surface area contributed by atoms with Crippen LogP contribution in [0.5, 0.6) is 0 Å². The maximum atomic E-state index is 12.6. The lowest BCUT2D eigenvalue weighted by molar-refractivity contribution is 0.795. The van der Waals surface area contributed by atoms with Gasteiger partial charge in [0, 0.05) is 25.9 Å². The normalized spacial score (nSPS) is 11.5. The molecule has 4 nitrogen and oxygen atoms in total. The molecule has 2 aromatic heterocycles. The minimum Gasteiger partial charge on any atom is -0.295 e. The molecule has 38 heavy (non-hydrogen) atoms. The highest BCUT2D eigenvalue weighted by atomic mass is 16.1. The van der Waals surface area contributed by atoms with Crippen LogP contribution >= 0.6 is 0 Å². The molecule has 0 N–H and O–H groups in total. The monoisotopic (exact) mass is 491 g/mol. The van der Waals surface area contributed by atoms with Crippen molar-refractivity contribution in [2.24, 2.45) is 14.1 Å². The summed E-state index contributed by atoms with van der Waals surface area (Å²) in [6, 6.07) is 38.3. The van der Waals surface area contributed by atoms with E-state index in [9.17, 15) is 4.79 Å². The molecule has 0 unspecified atom stereocenters. The van der Waals surface area contributed by atoms with Crippen LogP contribution in [0.1, 0.15) is 0 Å². The van der Waals surface area contributed by atoms with Crippen molar-refractivity contribution in [1.29, 1.82) is 0 Å². The SMILES string of the molecule is Cn1c(=O)n(C)c2cc(-c3c4ccccc4c(-c4ccc(-c5ccccn5)cc4)c4ccccc34)ccc21. The molecular weight excluding hydrogens is 466 g/mol. The molecule has 0 aliphatic carbocycles. The van der Waals surface area contributed by atoms with Crippen molar-refractivity contribution in [2.75, 3.05) is 0 Å². The molecule has 0 atom stereocenters. The Morgan fingerprint density at radius 3 is 1.61 bits per heavy atom. The van der Waals surface area contributed by atoms with Gasteiger partial charge in [-0.05, 0) is 68.1 Å². The number of pyridine rings is 1. The van der Waals surface area contributed by atoms with Crippen LogP contribution in [-0.4, -0.2) is 14.1 Å². The number of rotatable bonds is 3. The van der Waals surface area contributed by atoms with Gasteiger partial charge in [0.15, 0.2) is 0 Å². The topological polar surface area (TPSA) is 39.8 Å². The molecule has 2 heterocycles. The number of benzene rings is 5. The fraction of sp³-hybridized carbons (Fsp3) is 0.0588. The lowest BCUT2D eigenvalue weighted by atomic mass is 9.85. The predicted octanol–water partition coefficient (Wildman–Crippen LogP) is 7.58. The van der Waals surface area contributed by atoms with E-state index in [-0.39, 0.29) is 5.69 Å². The van der Waals surface area contributed by atoms with E-state index in [1.54, 1.807) is 9.13 Å². The van der Waals surface area contributed by atoms with Crippen LogP contribution in [0.3, 0.4) is 0 Å². The summed E-state index contributed by atoms with van der Waals surface area (Å²) in [5.74, 6) is 0. The van der Waals surface area contributed by atoms with Crippen LogP contribution in [-0.2, 0) is 14.1 Å². The molecule has 0 aliphatic rings. The predicted molar refractivity (Wildman–Crippen MR) is 157 cm³/mol. The standard InChI is InChI=1S/C34H25N3O/c1-36-30-19-18-24(21-31(30)37(2)34(36)38)33-27-11-5-3-9-25(27)32(26-10-4-6-12-28(26)33)23-16-14-22(15-17-23)29-13-7-8-20-35-29/h3-21H,1-2H3. The Morgan fingerprint density at radius 2 is 1.03 bits per heavy atom. The van der Waals surface area contributed by atoms with E-state index in [0.717, 1.165) is 27.9 Å². The molecule has 7 rings (SSSR count). The van der Waals surface area contributed by atoms with Crippen molar-refractivity contribution in [3.63, 3.8) is 0 Å². The summed E-state index contributed by atoms with van der Waals surface area (Å²) in [6.07, 6.45) is 1.83. The largest absolute Gasteiger partial charge is 0.328 e. The van der Waals surface area contributed by atoms with Crippen LogP contribution in [0.2, 0.25) is 0 Å². The van der Waals surface area contributed by atoms with Gasteiger partial charge in [-0.3, -0.25) is 14.1 Å². The van der Waals surface area contributed by atoms with Crippen LogP contribution in [0.15, 0.2) is 120 Å². The van der Waals surface area contributed by atoms with Gasteiger partial charge in [-0.15, -0.1) is 0 Å². The first-order valence-electron chi connectivity index (χ1n) is 12.7. The second-order valence-electron chi connectivity index (χ2n) is 9.74. The summed E-state index contributed by atoms with van der Waals surface area (Å²) in [4.78, 5) is 17.1. The van der Waals surface area contributed by atoms with Crippen LogP contribution < -0.4 is 5.69 Å². The lowest BCUT2D eigenvalue weighted by Crippen LogP contribution is -2.19. The number of aryl methyl sites for hydroxylation is 2. The van der Waals surface area contributed by atoms with E-state index in [2.05, 4.69) is 96.0 Å². The molecule has 0 aliphatic heterocycles. The van der Waals surface area contributed by atoms with Gasteiger partial charge in [0.25, 0.3) is 0 Å². The molecule has 0 amide bonds. The Balaban J connectivity index is 1.51. The summed E-state index contributed by atoms with van der Waals surface area (Å²) >= 11 is 0. The summed E-state index contributed by atoms with van der Waals surface area (Å²) < 4.78 is 3.42. The Morgan fingerprint density at radius 1 is 0.526 bits per heavy atom. The zero-order chi connectivity index (χ0) is 25.8. The average Bonchev–Trinajstić information content (AvgIpc) is 3.19. The summed E-state index contributed by atoms with van der Waals surface area (Å²) in [7, 11) is 3.66. The smallest absolute Gasteiger partial charge is 0.295 e. The van der Waals surface area contributed by atoms with Crippen LogP contribution in [0.25, 0.3) is 66.1 Å². The van der Waals surface area contributed by atoms with E-state index < -0.39 is 0 Å². The molecular formula is C34H25N3O. The first-order chi connectivity index (χ1) is 18.6. The van der Waals surface area contributed by atoms with Crippen LogP contribution in [0.4, 0.5) is 0 Å². The highest BCUT2D eigenvalue weighted by molar-refractivity contribution is 6.21. The quantitative estimate of drug-likeness (QED) is 0.239. The number of hydrogen-bond donors (Lipinski definition) is 0. The van der Waals surface area contributed by atoms with Crippen molar-refractivity contribution in [2.45, 2.75) is 0 Å². The molecule has 0 radical (unpaired) electrons. The number of fused-ring (bicyclic) bond motifs is 3. The second kappa shape index (κ2) is 8.56. The molecule has 0 spiro atoms. The molecule has 5 aromatic carbocycles. The maximum Gasteiger partial charge on any atom is 0.328 e. The van der Waals surface area contributed by atoms with Gasteiger partial charge in [-0.2, -0.15) is 0 Å². The second-order valence-corrected chi connectivity index (χ2v) is 9.74. The minimum absolute atomic E-state index is 0.0173. The van der Waals surface area contributed by atoms with Gasteiger partial charge in [-0.25, -0.2) is 4.79 Å². The Kier molecular flexibility index (Phi) is 5.02. The first-order valence-corrected chi connectivity index (χ1v) is 12.7. The summed E-state index contributed by atoms with van der Waals surface area (Å²) in [6.45, 7) is 0. The van der Waals surface area contributed by atoms with Gasteiger partial charge in [0.05, 0.1) is 16.7 Å². The number of aromatic nitrogens is 3. The van der Waals surface area contributed by atoms with Gasteiger partial charge >= 0.3 is 5.69 Å². The third-order valence-electron chi connectivity index (χ3n) is 7.63. The van der Waals surface area contributed by atoms with Gasteiger partial charge in [0.1, 0.15) is 0 Å². The Hall–Kier alpha value is -4.96. The van der Waals surface area contributed by atoms with Crippen molar-refractivity contribution < 1.29 is 0 Å². The van der Waals surface area contributed by atoms with E-state index in [0.29, 0.717) is 0 Å². The number of hydrogen-bond acceptors (Lipinski definition) is 2. The number of imidazole rings is 1. The first kappa shape index (κ1) is 22.3. The Bertz CT molecular complexity index is 1990. The maximum absolute atomic E-state index is 12.6. The minimum atomic E-state index is -0.0173. The van der Waals surface area contributed by atoms with Crippen molar-refractivity contribution in [1.82, 2.24) is 14.1 Å². The summed E-state index contributed by atoms with van der Waals surface area (Å²) in [5, 5.41) is 4.79. The zero-order valence-electron chi connectivity index (χ0n) is 21.2. The van der Waals surface area contributed by atoms with E-state index >= 15 is 0 Å². The Labute approximate surface area is 220 Å². The molecule has 0 saturated carbocycles. The van der Waals surface area contributed by atoms with E-state index in [4.69, 9.17) is 0 Å². The molecule has 0 bridgehead atoms. The van der Waals surface area contributed by atoms with Crippen LogP contribution in [0, 0.1) is 0 Å². The highest BCUT2D eigenvalue weighted by Crippen LogP contribution is 2.44. The molecule has 0 fully saturated rings. The van der Waals surface area contributed by atoms with Crippen molar-refractivity contribution in [3.05, 3.63) is 126 Å². The van der Waals surface area contributed by atoms with Crippen molar-refractivity contribution >= 4 is 32.6 Å². The third kappa shape index (κ3) is 3.31. The average molecular weight is 492 g/mol. The molecule has 7 aromatic rings. The third-order valence-corrected chi connectivity index (χ3v) is 7.63. The lowest BCUT2D eigenvalue weighted by Gasteiger charge is -2.18. The van der Waals surface area contributed by atoms with Gasteiger partial charge < -0.3 is 0 Å². The fourth-order valence-corrected chi connectivity index (χ4v) is 5.75. The highest BCUT2D eigenvalue weighted by Gasteiger charge is 2.18. The summed E-state index contributed by atoms with van der Waals surface area (Å²) in [5.41, 5.74) is 8.58. The zero-order valence-corrected chi connectivity index (χ0v) is 21.2. The molecule has 4 heteroatoms. The van der Waals surface area contributed by atoms with E-state index in [1.807, 2.05) is 38.5 Å². The van der Waals surface area contributed by atoms with Crippen molar-refractivity contribution in [3.8, 4) is 33.5 Å². The molecule has 0 saturated heterocycles. The van der Waals surface area contributed by atoms with Gasteiger partial charge in [-0.1, -0.05) is 84.9 Å². The van der Waals surface area contributed by atoms with Gasteiger partial charge in [0.2, 0.25) is 0 Å².